The molecular formula is C12H15BrClFN2O. The summed E-state index contributed by atoms with van der Waals surface area (Å²) < 4.78 is 13.4. The molecule has 6 heteroatoms. The van der Waals surface area contributed by atoms with Crippen molar-refractivity contribution in [3.63, 3.8) is 0 Å². The van der Waals surface area contributed by atoms with E-state index in [4.69, 9.17) is 17.3 Å². The monoisotopic (exact) mass is 336 g/mol. The molecule has 2 atom stereocenters. The van der Waals surface area contributed by atoms with Gasteiger partial charge < -0.3 is 11.1 Å². The third-order valence-electron chi connectivity index (χ3n) is 2.81. The van der Waals surface area contributed by atoms with Gasteiger partial charge in [-0.1, -0.05) is 31.9 Å². The average molecular weight is 338 g/mol. The Bertz CT molecular complexity index is 433. The minimum Gasteiger partial charge on any atom is -0.322 e. The third kappa shape index (κ3) is 3.67. The van der Waals surface area contributed by atoms with Crippen LogP contribution in [0.5, 0.6) is 0 Å². The Hall–Kier alpha value is -0.650. The summed E-state index contributed by atoms with van der Waals surface area (Å²) in [6.07, 6.45) is 0.799. The summed E-state index contributed by atoms with van der Waals surface area (Å²) in [5.41, 5.74) is 6.14. The fraction of sp³-hybridized carbons (Fsp3) is 0.417. The SMILES string of the molecule is CC[C@H](C)[C@H](N)C(=O)Nc1c(Cl)cc(F)cc1Br. The number of rotatable bonds is 4. The van der Waals surface area contributed by atoms with Crippen LogP contribution in [0.3, 0.4) is 0 Å². The van der Waals surface area contributed by atoms with Gasteiger partial charge in [0.25, 0.3) is 0 Å². The van der Waals surface area contributed by atoms with E-state index in [1.165, 1.54) is 6.07 Å². The second-order valence-corrected chi connectivity index (χ2v) is 5.41. The van der Waals surface area contributed by atoms with Crippen molar-refractivity contribution in [3.8, 4) is 0 Å². The molecule has 1 amide bonds. The highest BCUT2D eigenvalue weighted by Gasteiger charge is 2.21. The largest absolute Gasteiger partial charge is 0.322 e. The van der Waals surface area contributed by atoms with Crippen molar-refractivity contribution in [2.75, 3.05) is 5.32 Å². The minimum atomic E-state index is -0.622. The van der Waals surface area contributed by atoms with Crippen molar-refractivity contribution in [1.29, 1.82) is 0 Å². The van der Waals surface area contributed by atoms with E-state index in [0.29, 0.717) is 10.2 Å². The molecule has 0 aliphatic heterocycles. The summed E-state index contributed by atoms with van der Waals surface area (Å²) in [6, 6.07) is 1.75. The molecule has 0 heterocycles. The van der Waals surface area contributed by atoms with Crippen molar-refractivity contribution in [2.45, 2.75) is 26.3 Å². The van der Waals surface area contributed by atoms with Crippen LogP contribution in [-0.2, 0) is 4.79 Å². The number of hydrogen-bond acceptors (Lipinski definition) is 2. The van der Waals surface area contributed by atoms with E-state index in [1.54, 1.807) is 0 Å². The molecular weight excluding hydrogens is 322 g/mol. The van der Waals surface area contributed by atoms with Crippen LogP contribution in [0.2, 0.25) is 5.02 Å². The van der Waals surface area contributed by atoms with E-state index >= 15 is 0 Å². The normalized spacial score (nSPS) is 14.1. The molecule has 100 valence electrons. The lowest BCUT2D eigenvalue weighted by atomic mass is 9.99. The van der Waals surface area contributed by atoms with Gasteiger partial charge in [-0.25, -0.2) is 4.39 Å². The molecule has 0 radical (unpaired) electrons. The van der Waals surface area contributed by atoms with Gasteiger partial charge in [-0.2, -0.15) is 0 Å². The first-order valence-electron chi connectivity index (χ1n) is 5.57. The second kappa shape index (κ2) is 6.50. The van der Waals surface area contributed by atoms with Crippen molar-refractivity contribution < 1.29 is 9.18 Å². The summed E-state index contributed by atoms with van der Waals surface area (Å²) in [7, 11) is 0. The maximum absolute atomic E-state index is 13.0. The van der Waals surface area contributed by atoms with Crippen molar-refractivity contribution >= 4 is 39.1 Å². The molecule has 0 bridgehead atoms. The van der Waals surface area contributed by atoms with Crippen molar-refractivity contribution in [3.05, 3.63) is 27.4 Å². The molecule has 1 aromatic rings. The first-order chi connectivity index (χ1) is 8.36. The van der Waals surface area contributed by atoms with Crippen LogP contribution in [0.25, 0.3) is 0 Å². The smallest absolute Gasteiger partial charge is 0.241 e. The topological polar surface area (TPSA) is 55.1 Å². The van der Waals surface area contributed by atoms with Gasteiger partial charge in [-0.05, 0) is 34.0 Å². The van der Waals surface area contributed by atoms with E-state index in [9.17, 15) is 9.18 Å². The summed E-state index contributed by atoms with van der Waals surface area (Å²) in [4.78, 5) is 11.9. The lowest BCUT2D eigenvalue weighted by molar-refractivity contribution is -0.118. The zero-order chi connectivity index (χ0) is 13.9. The summed E-state index contributed by atoms with van der Waals surface area (Å²) in [5, 5.41) is 2.74. The molecule has 0 fully saturated rings. The molecule has 1 rings (SSSR count). The number of nitrogens with two attached hydrogens (primary N) is 1. The molecule has 1 aromatic carbocycles. The van der Waals surface area contributed by atoms with Crippen LogP contribution in [0, 0.1) is 11.7 Å². The van der Waals surface area contributed by atoms with E-state index in [0.717, 1.165) is 12.5 Å². The molecule has 3 N–H and O–H groups in total. The Morgan fingerprint density at radius 1 is 1.61 bits per heavy atom. The zero-order valence-corrected chi connectivity index (χ0v) is 12.5. The highest BCUT2D eigenvalue weighted by Crippen LogP contribution is 2.31. The molecule has 0 saturated carbocycles. The zero-order valence-electron chi connectivity index (χ0n) is 10.1. The van der Waals surface area contributed by atoms with E-state index in [2.05, 4.69) is 21.2 Å². The van der Waals surface area contributed by atoms with Gasteiger partial charge in [0.05, 0.1) is 16.8 Å². The number of halogens is 3. The van der Waals surface area contributed by atoms with Gasteiger partial charge in [-0.15, -0.1) is 0 Å². The molecule has 0 unspecified atom stereocenters. The summed E-state index contributed by atoms with van der Waals surface area (Å²) >= 11 is 9.02. The first-order valence-corrected chi connectivity index (χ1v) is 6.74. The second-order valence-electron chi connectivity index (χ2n) is 4.15. The van der Waals surface area contributed by atoms with E-state index in [-0.39, 0.29) is 16.8 Å². The third-order valence-corrected chi connectivity index (χ3v) is 3.74. The number of hydrogen-bond donors (Lipinski definition) is 2. The van der Waals surface area contributed by atoms with Crippen LogP contribution in [0.4, 0.5) is 10.1 Å². The fourth-order valence-corrected chi connectivity index (χ4v) is 2.28. The Morgan fingerprint density at radius 2 is 2.22 bits per heavy atom. The number of benzene rings is 1. The Morgan fingerprint density at radius 3 is 2.72 bits per heavy atom. The summed E-state index contributed by atoms with van der Waals surface area (Å²) in [6.45, 7) is 3.85. The van der Waals surface area contributed by atoms with Crippen LogP contribution < -0.4 is 11.1 Å². The lowest BCUT2D eigenvalue weighted by Gasteiger charge is -2.18. The van der Waals surface area contributed by atoms with Crippen LogP contribution in [0.1, 0.15) is 20.3 Å². The minimum absolute atomic E-state index is 0.0583. The van der Waals surface area contributed by atoms with Crippen molar-refractivity contribution in [1.82, 2.24) is 0 Å². The molecule has 18 heavy (non-hydrogen) atoms. The maximum atomic E-state index is 13.0. The van der Waals surface area contributed by atoms with Crippen LogP contribution >= 0.6 is 27.5 Å². The Kier molecular flexibility index (Phi) is 5.56. The number of nitrogens with one attached hydrogen (secondary N) is 1. The van der Waals surface area contributed by atoms with E-state index in [1.807, 2.05) is 13.8 Å². The molecule has 3 nitrogen and oxygen atoms in total. The Labute approximate surface area is 119 Å². The summed E-state index contributed by atoms with van der Waals surface area (Å²) in [5.74, 6) is -0.752. The quantitative estimate of drug-likeness (QED) is 0.882. The van der Waals surface area contributed by atoms with Gasteiger partial charge in [0.15, 0.2) is 0 Å². The number of anilines is 1. The van der Waals surface area contributed by atoms with Gasteiger partial charge >= 0.3 is 0 Å². The average Bonchev–Trinajstić information content (AvgIpc) is 2.31. The molecule has 0 aromatic heterocycles. The fourth-order valence-electron chi connectivity index (χ4n) is 1.38. The molecule has 0 aliphatic rings. The predicted molar refractivity (Wildman–Crippen MR) is 75.2 cm³/mol. The van der Waals surface area contributed by atoms with Crippen molar-refractivity contribution in [2.24, 2.45) is 11.7 Å². The molecule has 0 aliphatic carbocycles. The van der Waals surface area contributed by atoms with Crippen LogP contribution in [0.15, 0.2) is 16.6 Å². The number of amides is 1. The highest BCUT2D eigenvalue weighted by atomic mass is 79.9. The number of carbonyl (C=O) groups is 1. The molecule has 0 spiro atoms. The predicted octanol–water partition coefficient (Wildman–Crippen LogP) is 3.55. The van der Waals surface area contributed by atoms with Gasteiger partial charge in [0.1, 0.15) is 5.82 Å². The Balaban J connectivity index is 2.89. The van der Waals surface area contributed by atoms with E-state index < -0.39 is 11.9 Å². The maximum Gasteiger partial charge on any atom is 0.241 e. The highest BCUT2D eigenvalue weighted by molar-refractivity contribution is 9.10. The van der Waals surface area contributed by atoms with Crippen LogP contribution in [-0.4, -0.2) is 11.9 Å². The van der Waals surface area contributed by atoms with Gasteiger partial charge in [0, 0.05) is 4.47 Å². The van der Waals surface area contributed by atoms with Gasteiger partial charge in [-0.3, -0.25) is 4.79 Å². The number of carbonyl (C=O) groups excluding carboxylic acids is 1. The molecule has 0 saturated heterocycles. The lowest BCUT2D eigenvalue weighted by Crippen LogP contribution is -2.40. The van der Waals surface area contributed by atoms with Gasteiger partial charge in [0.2, 0.25) is 5.91 Å². The standard InChI is InChI=1S/C12H15BrClFN2O/c1-3-6(2)10(16)12(18)17-11-8(13)4-7(15)5-9(11)14/h4-6,10H,3,16H2,1-2H3,(H,17,18)/t6-,10-/m0/s1. The first kappa shape index (κ1) is 15.4.